The van der Waals surface area contributed by atoms with Gasteiger partial charge in [0.15, 0.2) is 0 Å². The summed E-state index contributed by atoms with van der Waals surface area (Å²) in [5, 5.41) is 4.99. The van der Waals surface area contributed by atoms with E-state index < -0.39 is 10.0 Å². The molecular formula is C18H23N3O3S2. The van der Waals surface area contributed by atoms with Crippen molar-refractivity contribution in [2.45, 2.75) is 17.9 Å². The van der Waals surface area contributed by atoms with Crippen molar-refractivity contribution in [1.29, 1.82) is 0 Å². The van der Waals surface area contributed by atoms with E-state index in [0.29, 0.717) is 31.1 Å². The Morgan fingerprint density at radius 2 is 1.81 bits per heavy atom. The Balaban J connectivity index is 1.50. The van der Waals surface area contributed by atoms with Gasteiger partial charge >= 0.3 is 0 Å². The molecule has 1 aromatic heterocycles. The molecule has 0 radical (unpaired) electrons. The number of nitrogens with zero attached hydrogens (tertiary/aromatic N) is 2. The maximum absolute atomic E-state index is 12.6. The molecule has 1 N–H and O–H groups in total. The Bertz CT molecular complexity index is 815. The van der Waals surface area contributed by atoms with Crippen molar-refractivity contribution in [3.63, 3.8) is 0 Å². The number of hydrogen-bond donors (Lipinski definition) is 1. The van der Waals surface area contributed by atoms with Gasteiger partial charge in [0.25, 0.3) is 0 Å². The normalized spacial score (nSPS) is 17.7. The SMILES string of the molecule is C[C@@H](NC(=O)CN1CCN(S(=O)(=O)c2ccccc2)CC1)c1cccs1. The number of benzene rings is 1. The highest BCUT2D eigenvalue weighted by atomic mass is 32.2. The molecule has 140 valence electrons. The number of nitrogens with one attached hydrogen (secondary N) is 1. The fourth-order valence-electron chi connectivity index (χ4n) is 2.97. The molecule has 2 aromatic rings. The molecule has 1 aliphatic heterocycles. The summed E-state index contributed by atoms with van der Waals surface area (Å²) in [6.45, 7) is 4.14. The summed E-state index contributed by atoms with van der Waals surface area (Å²) >= 11 is 1.62. The van der Waals surface area contributed by atoms with Crippen LogP contribution in [-0.4, -0.2) is 56.3 Å². The van der Waals surface area contributed by atoms with Crippen LogP contribution in [0.25, 0.3) is 0 Å². The molecule has 0 bridgehead atoms. The monoisotopic (exact) mass is 393 g/mol. The second kappa shape index (κ2) is 8.30. The maximum atomic E-state index is 12.6. The van der Waals surface area contributed by atoms with Crippen LogP contribution in [-0.2, 0) is 14.8 Å². The van der Waals surface area contributed by atoms with E-state index >= 15 is 0 Å². The van der Waals surface area contributed by atoms with Crippen molar-refractivity contribution in [3.8, 4) is 0 Å². The van der Waals surface area contributed by atoms with Gasteiger partial charge in [0, 0.05) is 31.1 Å². The first kappa shape index (κ1) is 19.0. The lowest BCUT2D eigenvalue weighted by molar-refractivity contribution is -0.123. The summed E-state index contributed by atoms with van der Waals surface area (Å²) in [5.74, 6) is -0.0368. The van der Waals surface area contributed by atoms with E-state index in [-0.39, 0.29) is 18.5 Å². The third-order valence-corrected chi connectivity index (χ3v) is 7.39. The quantitative estimate of drug-likeness (QED) is 0.814. The molecule has 2 heterocycles. The second-order valence-corrected chi connectivity index (χ2v) is 9.22. The molecule has 8 heteroatoms. The van der Waals surface area contributed by atoms with Gasteiger partial charge in [-0.25, -0.2) is 8.42 Å². The molecule has 1 aromatic carbocycles. The van der Waals surface area contributed by atoms with Crippen LogP contribution in [0.4, 0.5) is 0 Å². The van der Waals surface area contributed by atoms with Crippen molar-refractivity contribution >= 4 is 27.3 Å². The summed E-state index contributed by atoms with van der Waals surface area (Å²) in [7, 11) is -3.46. The zero-order chi connectivity index (χ0) is 18.6. The fraction of sp³-hybridized carbons (Fsp3) is 0.389. The lowest BCUT2D eigenvalue weighted by Crippen LogP contribution is -2.51. The Kier molecular flexibility index (Phi) is 6.08. The minimum absolute atomic E-state index is 0.0118. The summed E-state index contributed by atoms with van der Waals surface area (Å²) in [6.07, 6.45) is 0. The number of rotatable bonds is 6. The third-order valence-electron chi connectivity index (χ3n) is 4.43. The number of hydrogen-bond acceptors (Lipinski definition) is 5. The second-order valence-electron chi connectivity index (χ2n) is 6.30. The maximum Gasteiger partial charge on any atom is 0.243 e. The van der Waals surface area contributed by atoms with Gasteiger partial charge in [0.2, 0.25) is 15.9 Å². The minimum Gasteiger partial charge on any atom is -0.348 e. The van der Waals surface area contributed by atoms with E-state index in [0.717, 1.165) is 4.88 Å². The predicted octanol–water partition coefficient (Wildman–Crippen LogP) is 1.93. The summed E-state index contributed by atoms with van der Waals surface area (Å²) < 4.78 is 26.7. The lowest BCUT2D eigenvalue weighted by atomic mass is 10.2. The molecule has 6 nitrogen and oxygen atoms in total. The Hall–Kier alpha value is -1.74. The molecule has 1 aliphatic rings. The van der Waals surface area contributed by atoms with Gasteiger partial charge in [-0.05, 0) is 30.5 Å². The van der Waals surface area contributed by atoms with E-state index in [2.05, 4.69) is 5.32 Å². The number of piperazine rings is 1. The van der Waals surface area contributed by atoms with Crippen molar-refractivity contribution in [2.24, 2.45) is 0 Å². The summed E-state index contributed by atoms with van der Waals surface area (Å²) in [5.41, 5.74) is 0. The van der Waals surface area contributed by atoms with Crippen molar-refractivity contribution in [1.82, 2.24) is 14.5 Å². The first-order valence-corrected chi connectivity index (χ1v) is 10.9. The first-order valence-electron chi connectivity index (χ1n) is 8.57. The van der Waals surface area contributed by atoms with Crippen LogP contribution in [0.15, 0.2) is 52.7 Å². The van der Waals surface area contributed by atoms with Crippen LogP contribution >= 0.6 is 11.3 Å². The Morgan fingerprint density at radius 3 is 2.42 bits per heavy atom. The van der Waals surface area contributed by atoms with Crippen LogP contribution in [0.1, 0.15) is 17.8 Å². The zero-order valence-corrected chi connectivity index (χ0v) is 16.3. The van der Waals surface area contributed by atoms with Crippen LogP contribution in [0.5, 0.6) is 0 Å². The molecule has 0 spiro atoms. The van der Waals surface area contributed by atoms with E-state index in [9.17, 15) is 13.2 Å². The van der Waals surface area contributed by atoms with Gasteiger partial charge in [0.1, 0.15) is 0 Å². The minimum atomic E-state index is -3.46. The van der Waals surface area contributed by atoms with E-state index in [1.54, 1.807) is 41.7 Å². The molecule has 0 aliphatic carbocycles. The average molecular weight is 394 g/mol. The molecule has 26 heavy (non-hydrogen) atoms. The summed E-state index contributed by atoms with van der Waals surface area (Å²) in [6, 6.07) is 12.4. The number of carbonyl (C=O) groups is 1. The van der Waals surface area contributed by atoms with Crippen molar-refractivity contribution in [3.05, 3.63) is 52.7 Å². The highest BCUT2D eigenvalue weighted by Gasteiger charge is 2.29. The number of carbonyl (C=O) groups excluding carboxylic acids is 1. The Morgan fingerprint density at radius 1 is 1.12 bits per heavy atom. The van der Waals surface area contributed by atoms with Crippen LogP contribution in [0, 0.1) is 0 Å². The molecule has 3 rings (SSSR count). The van der Waals surface area contributed by atoms with Crippen LogP contribution < -0.4 is 5.32 Å². The average Bonchev–Trinajstić information content (AvgIpc) is 3.18. The number of amides is 1. The molecule has 1 amide bonds. The molecule has 1 atom stereocenters. The molecule has 1 fully saturated rings. The van der Waals surface area contributed by atoms with E-state index in [4.69, 9.17) is 0 Å². The zero-order valence-electron chi connectivity index (χ0n) is 14.7. The van der Waals surface area contributed by atoms with Gasteiger partial charge in [0.05, 0.1) is 17.5 Å². The lowest BCUT2D eigenvalue weighted by Gasteiger charge is -2.33. The van der Waals surface area contributed by atoms with Crippen LogP contribution in [0.2, 0.25) is 0 Å². The smallest absolute Gasteiger partial charge is 0.243 e. The molecule has 1 saturated heterocycles. The highest BCUT2D eigenvalue weighted by molar-refractivity contribution is 7.89. The molecule has 0 saturated carbocycles. The van der Waals surface area contributed by atoms with Crippen molar-refractivity contribution in [2.75, 3.05) is 32.7 Å². The van der Waals surface area contributed by atoms with Gasteiger partial charge in [-0.3, -0.25) is 9.69 Å². The molecule has 0 unspecified atom stereocenters. The van der Waals surface area contributed by atoms with Gasteiger partial charge in [-0.15, -0.1) is 11.3 Å². The fourth-order valence-corrected chi connectivity index (χ4v) is 5.15. The van der Waals surface area contributed by atoms with Gasteiger partial charge < -0.3 is 5.32 Å². The summed E-state index contributed by atoms with van der Waals surface area (Å²) in [4.78, 5) is 15.7. The first-order chi connectivity index (χ1) is 12.5. The number of thiophene rings is 1. The topological polar surface area (TPSA) is 69.7 Å². The third kappa shape index (κ3) is 4.50. The standard InChI is InChI=1S/C18H23N3O3S2/c1-15(17-8-5-13-25-17)19-18(22)14-20-9-11-21(12-10-20)26(23,24)16-6-3-2-4-7-16/h2-8,13,15H,9-12,14H2,1H3,(H,19,22)/t15-/m1/s1. The Labute approximate surface area is 158 Å². The molecular weight excluding hydrogens is 370 g/mol. The predicted molar refractivity (Wildman–Crippen MR) is 103 cm³/mol. The van der Waals surface area contributed by atoms with Gasteiger partial charge in [-0.2, -0.15) is 4.31 Å². The number of sulfonamides is 1. The van der Waals surface area contributed by atoms with Crippen LogP contribution in [0.3, 0.4) is 0 Å². The van der Waals surface area contributed by atoms with Gasteiger partial charge in [-0.1, -0.05) is 24.3 Å². The largest absolute Gasteiger partial charge is 0.348 e. The highest BCUT2D eigenvalue weighted by Crippen LogP contribution is 2.19. The van der Waals surface area contributed by atoms with E-state index in [1.807, 2.05) is 29.3 Å². The van der Waals surface area contributed by atoms with Crippen molar-refractivity contribution < 1.29 is 13.2 Å². The van der Waals surface area contributed by atoms with E-state index in [1.165, 1.54) is 4.31 Å².